The molecule has 0 aliphatic rings. The Kier molecular flexibility index (Phi) is 7.15. The second kappa shape index (κ2) is 8.37. The lowest BCUT2D eigenvalue weighted by Crippen LogP contribution is -2.39. The van der Waals surface area contributed by atoms with Gasteiger partial charge >= 0.3 is 0 Å². The van der Waals surface area contributed by atoms with Crippen LogP contribution in [0.25, 0.3) is 0 Å². The molecule has 1 amide bonds. The maximum Gasteiger partial charge on any atom is 0.222 e. The lowest BCUT2D eigenvalue weighted by Gasteiger charge is -2.20. The van der Waals surface area contributed by atoms with E-state index in [1.165, 1.54) is 0 Å². The molecule has 0 saturated heterocycles. The number of nitrogens with one attached hydrogen (secondary N) is 1. The number of carbonyl (C=O) groups is 1. The fourth-order valence-electron chi connectivity index (χ4n) is 1.82. The topological polar surface area (TPSA) is 58.6 Å². The van der Waals surface area contributed by atoms with Crippen molar-refractivity contribution in [2.45, 2.75) is 45.3 Å². The zero-order valence-electron chi connectivity index (χ0n) is 12.9. The van der Waals surface area contributed by atoms with Crippen molar-refractivity contribution in [1.82, 2.24) is 5.32 Å². The Morgan fingerprint density at radius 2 is 1.95 bits per heavy atom. The number of aliphatic hydroxyl groups is 1. The van der Waals surface area contributed by atoms with E-state index in [-0.39, 0.29) is 30.6 Å². The predicted molar refractivity (Wildman–Crippen MR) is 84.5 cm³/mol. The first-order valence-corrected chi connectivity index (χ1v) is 7.46. The fraction of sp³-hybridized carbons (Fsp3) is 0.562. The van der Waals surface area contributed by atoms with Crippen LogP contribution in [-0.4, -0.2) is 35.9 Å². The summed E-state index contributed by atoms with van der Waals surface area (Å²) in [4.78, 5) is 11.8. The van der Waals surface area contributed by atoms with Gasteiger partial charge in [-0.2, -0.15) is 0 Å². The van der Waals surface area contributed by atoms with E-state index in [4.69, 9.17) is 16.3 Å². The van der Waals surface area contributed by atoms with E-state index in [9.17, 15) is 9.90 Å². The van der Waals surface area contributed by atoms with Crippen LogP contribution < -0.4 is 5.32 Å². The molecule has 1 unspecified atom stereocenters. The average molecular weight is 314 g/mol. The van der Waals surface area contributed by atoms with Crippen molar-refractivity contribution in [2.24, 2.45) is 0 Å². The second-order valence-electron chi connectivity index (χ2n) is 5.99. The molecule has 0 fully saturated rings. The number of halogens is 1. The van der Waals surface area contributed by atoms with E-state index in [2.05, 4.69) is 5.32 Å². The van der Waals surface area contributed by atoms with Crippen LogP contribution in [0, 0.1) is 0 Å². The molecule has 0 radical (unpaired) electrons. The van der Waals surface area contributed by atoms with Gasteiger partial charge in [-0.25, -0.2) is 0 Å². The van der Waals surface area contributed by atoms with Gasteiger partial charge in [0.2, 0.25) is 5.91 Å². The second-order valence-corrected chi connectivity index (χ2v) is 6.42. The summed E-state index contributed by atoms with van der Waals surface area (Å²) < 4.78 is 5.51. The zero-order chi connectivity index (χ0) is 15.9. The summed E-state index contributed by atoms with van der Waals surface area (Å²) in [6.45, 7) is 6.11. The molecule has 21 heavy (non-hydrogen) atoms. The summed E-state index contributed by atoms with van der Waals surface area (Å²) in [5, 5.41) is 12.9. The van der Waals surface area contributed by atoms with E-state index in [0.717, 1.165) is 5.56 Å². The van der Waals surface area contributed by atoms with Gasteiger partial charge in [0.15, 0.2) is 0 Å². The number of amides is 1. The van der Waals surface area contributed by atoms with Gasteiger partial charge < -0.3 is 15.2 Å². The highest BCUT2D eigenvalue weighted by Crippen LogP contribution is 2.11. The highest BCUT2D eigenvalue weighted by Gasteiger charge is 2.14. The number of aliphatic hydroxyl groups excluding tert-OH is 1. The number of ether oxygens (including phenoxy) is 1. The third-order valence-electron chi connectivity index (χ3n) is 2.85. The Morgan fingerprint density at radius 3 is 2.48 bits per heavy atom. The van der Waals surface area contributed by atoms with Gasteiger partial charge in [0.25, 0.3) is 0 Å². The highest BCUT2D eigenvalue weighted by atomic mass is 35.5. The van der Waals surface area contributed by atoms with Crippen molar-refractivity contribution in [3.05, 3.63) is 34.9 Å². The van der Waals surface area contributed by atoms with Crippen molar-refractivity contribution < 1.29 is 14.6 Å². The molecular weight excluding hydrogens is 290 g/mol. The van der Waals surface area contributed by atoms with Crippen LogP contribution in [0.1, 0.15) is 32.8 Å². The minimum atomic E-state index is -0.298. The quantitative estimate of drug-likeness (QED) is 0.813. The molecule has 0 aromatic heterocycles. The summed E-state index contributed by atoms with van der Waals surface area (Å²) in [7, 11) is 0. The molecule has 1 atom stereocenters. The molecule has 118 valence electrons. The largest absolute Gasteiger partial charge is 0.394 e. The van der Waals surface area contributed by atoms with E-state index in [0.29, 0.717) is 18.1 Å². The van der Waals surface area contributed by atoms with Crippen LogP contribution in [0.5, 0.6) is 0 Å². The Hall–Kier alpha value is -1.10. The van der Waals surface area contributed by atoms with Crippen molar-refractivity contribution in [1.29, 1.82) is 0 Å². The van der Waals surface area contributed by atoms with Gasteiger partial charge in [-0.15, -0.1) is 0 Å². The SMILES string of the molecule is CC(C)(C)OCCC(=O)NC(CO)Cc1ccc(Cl)cc1. The third kappa shape index (κ3) is 8.05. The van der Waals surface area contributed by atoms with E-state index in [1.807, 2.05) is 32.9 Å². The van der Waals surface area contributed by atoms with E-state index in [1.54, 1.807) is 12.1 Å². The first kappa shape index (κ1) is 18.0. The van der Waals surface area contributed by atoms with Crippen LogP contribution in [0.3, 0.4) is 0 Å². The van der Waals surface area contributed by atoms with Gasteiger partial charge in [0.1, 0.15) is 0 Å². The predicted octanol–water partition coefficient (Wildman–Crippen LogP) is 2.56. The minimum Gasteiger partial charge on any atom is -0.394 e. The van der Waals surface area contributed by atoms with Gasteiger partial charge in [0, 0.05) is 11.4 Å². The molecule has 0 aliphatic heterocycles. The molecule has 0 spiro atoms. The maximum atomic E-state index is 11.8. The van der Waals surface area contributed by atoms with Crippen LogP contribution in [-0.2, 0) is 16.0 Å². The lowest BCUT2D eigenvalue weighted by atomic mass is 10.1. The van der Waals surface area contributed by atoms with Crippen LogP contribution in [0.4, 0.5) is 0 Å². The van der Waals surface area contributed by atoms with Crippen molar-refractivity contribution in [3.8, 4) is 0 Å². The first-order chi connectivity index (χ1) is 9.80. The molecule has 0 saturated carbocycles. The number of benzene rings is 1. The van der Waals surface area contributed by atoms with Crippen LogP contribution >= 0.6 is 11.6 Å². The Bertz CT molecular complexity index is 440. The molecule has 0 bridgehead atoms. The van der Waals surface area contributed by atoms with E-state index >= 15 is 0 Å². The molecule has 1 aromatic carbocycles. The van der Waals surface area contributed by atoms with Gasteiger partial charge in [-0.3, -0.25) is 4.79 Å². The molecule has 0 aliphatic carbocycles. The van der Waals surface area contributed by atoms with Crippen LogP contribution in [0.2, 0.25) is 5.02 Å². The lowest BCUT2D eigenvalue weighted by molar-refractivity contribution is -0.124. The van der Waals surface area contributed by atoms with Crippen molar-refractivity contribution in [2.75, 3.05) is 13.2 Å². The number of hydrogen-bond acceptors (Lipinski definition) is 3. The Labute approximate surface area is 131 Å². The number of carbonyl (C=O) groups excluding carboxylic acids is 1. The number of rotatable bonds is 7. The molecule has 5 heteroatoms. The highest BCUT2D eigenvalue weighted by molar-refractivity contribution is 6.30. The average Bonchev–Trinajstić information content (AvgIpc) is 2.39. The molecule has 1 aromatic rings. The standard InChI is InChI=1S/C16H24ClNO3/c1-16(2,3)21-9-8-15(20)18-14(11-19)10-12-4-6-13(17)7-5-12/h4-7,14,19H,8-11H2,1-3H3,(H,18,20). The fourth-order valence-corrected chi connectivity index (χ4v) is 1.94. The Balaban J connectivity index is 2.39. The first-order valence-electron chi connectivity index (χ1n) is 7.09. The maximum absolute atomic E-state index is 11.8. The molecule has 4 nitrogen and oxygen atoms in total. The zero-order valence-corrected chi connectivity index (χ0v) is 13.6. The van der Waals surface area contributed by atoms with Gasteiger partial charge in [0.05, 0.1) is 24.9 Å². The van der Waals surface area contributed by atoms with E-state index < -0.39 is 0 Å². The summed E-state index contributed by atoms with van der Waals surface area (Å²) in [5.41, 5.74) is 0.768. The summed E-state index contributed by atoms with van der Waals surface area (Å²) in [6, 6.07) is 7.07. The molecule has 2 N–H and O–H groups in total. The van der Waals surface area contributed by atoms with Gasteiger partial charge in [-0.1, -0.05) is 23.7 Å². The van der Waals surface area contributed by atoms with Crippen molar-refractivity contribution in [3.63, 3.8) is 0 Å². The normalized spacial score (nSPS) is 13.0. The Morgan fingerprint density at radius 1 is 1.33 bits per heavy atom. The van der Waals surface area contributed by atoms with Gasteiger partial charge in [-0.05, 0) is 44.9 Å². The molecule has 0 heterocycles. The molecule has 1 rings (SSSR count). The summed E-state index contributed by atoms with van der Waals surface area (Å²) in [5.74, 6) is -0.118. The smallest absolute Gasteiger partial charge is 0.222 e. The minimum absolute atomic E-state index is 0.103. The van der Waals surface area contributed by atoms with Crippen LogP contribution in [0.15, 0.2) is 24.3 Å². The summed E-state index contributed by atoms with van der Waals surface area (Å²) >= 11 is 5.83. The third-order valence-corrected chi connectivity index (χ3v) is 3.10. The molecular formula is C16H24ClNO3. The van der Waals surface area contributed by atoms with Crippen molar-refractivity contribution >= 4 is 17.5 Å². The summed E-state index contributed by atoms with van der Waals surface area (Å²) in [6.07, 6.45) is 0.855. The monoisotopic (exact) mass is 313 g/mol. The number of hydrogen-bond donors (Lipinski definition) is 2.